The minimum Gasteiger partial charge on any atom is -0.458 e. The van der Waals surface area contributed by atoms with Gasteiger partial charge in [0.1, 0.15) is 30.1 Å². The topological polar surface area (TPSA) is 184 Å². The summed E-state index contributed by atoms with van der Waals surface area (Å²) in [5.74, 6) is -4.03. The first-order chi connectivity index (χ1) is 30.0. The number of aliphatic hydroxyl groups is 2. The van der Waals surface area contributed by atoms with Crippen LogP contribution in [0.1, 0.15) is 100 Å². The summed E-state index contributed by atoms with van der Waals surface area (Å²) in [5.41, 5.74) is 0.395. The van der Waals surface area contributed by atoms with E-state index in [9.17, 15) is 24.6 Å². The lowest BCUT2D eigenvalue weighted by atomic mass is 9.73. The van der Waals surface area contributed by atoms with Crippen LogP contribution in [0.4, 0.5) is 4.79 Å². The highest BCUT2D eigenvalue weighted by Gasteiger charge is 2.61. The van der Waals surface area contributed by atoms with Gasteiger partial charge in [-0.2, -0.15) is 0 Å². The van der Waals surface area contributed by atoms with E-state index in [0.717, 1.165) is 5.56 Å². The monoisotopic (exact) mass is 904 g/mol. The number of fused-ring (bicyclic) bond motifs is 1. The fourth-order valence-electron chi connectivity index (χ4n) is 10.6. The highest BCUT2D eigenvalue weighted by atomic mass is 16.7. The fraction of sp³-hybridized carbons (Fsp3) is 0.771. The molecule has 5 rings (SSSR count). The smallest absolute Gasteiger partial charge is 0.425 e. The van der Waals surface area contributed by atoms with Crippen LogP contribution in [-0.4, -0.2) is 157 Å². The van der Waals surface area contributed by atoms with Crippen molar-refractivity contribution in [2.45, 2.75) is 179 Å². The average molecular weight is 904 g/mol. The molecule has 1 amide bonds. The van der Waals surface area contributed by atoms with Gasteiger partial charge in [-0.3, -0.25) is 9.59 Å². The predicted molar refractivity (Wildman–Crippen MR) is 238 cm³/mol. The lowest BCUT2D eigenvalue weighted by molar-refractivity contribution is -0.319. The van der Waals surface area contributed by atoms with Crippen LogP contribution < -0.4 is 5.43 Å². The van der Waals surface area contributed by atoms with Gasteiger partial charge in [0, 0.05) is 51.0 Å². The minimum absolute atomic E-state index is 0.125. The number of hydrazine groups is 1. The number of likely N-dealkylation sites (N-methyl/N-ethyl adjacent to an activating group) is 1. The Morgan fingerprint density at radius 1 is 0.906 bits per heavy atom. The van der Waals surface area contributed by atoms with E-state index in [4.69, 9.17) is 37.9 Å². The molecule has 0 aromatic heterocycles. The zero-order valence-electron chi connectivity index (χ0n) is 40.5. The number of Topliss-reactive ketones (excluding diaryl/α,β-unsaturated/α-hetero) is 1. The number of benzene rings is 1. The van der Waals surface area contributed by atoms with Gasteiger partial charge in [0.25, 0.3) is 0 Å². The number of hydrogen-bond donors (Lipinski definition) is 3. The first kappa shape index (κ1) is 51.9. The van der Waals surface area contributed by atoms with E-state index in [-0.39, 0.29) is 43.7 Å². The number of methoxy groups -OCH3 is 2. The van der Waals surface area contributed by atoms with E-state index in [1.807, 2.05) is 96.1 Å². The van der Waals surface area contributed by atoms with Crippen LogP contribution in [0.25, 0.3) is 6.08 Å². The SMILES string of the molecule is CC[C@H]1OC(=O)[C@H](C)C(OC2CC(C)(OC)C(O)C(C)O2)[C@H](C)[C@@H](OC2OC(C)CC(N(C)C)C2O)[C@](C)(OC)C[C@@H](C)C(=O)[C@H](C)[C@H]2N(NCC=Cc3ccccc3)C(=O)O[C@]12C. The first-order valence-corrected chi connectivity index (χ1v) is 23.0. The van der Waals surface area contributed by atoms with Crippen molar-refractivity contribution in [2.24, 2.45) is 23.7 Å². The Balaban J connectivity index is 1.61. The Labute approximate surface area is 380 Å². The molecule has 0 spiro atoms. The largest absolute Gasteiger partial charge is 0.458 e. The van der Waals surface area contributed by atoms with Gasteiger partial charge in [-0.15, -0.1) is 0 Å². The maximum atomic E-state index is 15.0. The van der Waals surface area contributed by atoms with Crippen LogP contribution in [0.2, 0.25) is 0 Å². The van der Waals surface area contributed by atoms with Gasteiger partial charge in [-0.25, -0.2) is 15.2 Å². The summed E-state index contributed by atoms with van der Waals surface area (Å²) in [6.45, 7) is 18.3. The highest BCUT2D eigenvalue weighted by Crippen LogP contribution is 2.44. The third-order valence-electron chi connectivity index (χ3n) is 14.5. The summed E-state index contributed by atoms with van der Waals surface area (Å²) < 4.78 is 51.4. The summed E-state index contributed by atoms with van der Waals surface area (Å²) in [7, 11) is 6.85. The van der Waals surface area contributed by atoms with E-state index in [1.54, 1.807) is 41.7 Å². The quantitative estimate of drug-likeness (QED) is 0.235. The predicted octanol–water partition coefficient (Wildman–Crippen LogP) is 5.13. The zero-order chi connectivity index (χ0) is 47.5. The molecular formula is C48H77N3O13. The fourth-order valence-corrected chi connectivity index (χ4v) is 10.6. The van der Waals surface area contributed by atoms with Gasteiger partial charge in [0.05, 0.1) is 41.5 Å². The van der Waals surface area contributed by atoms with Crippen molar-refractivity contribution in [3.63, 3.8) is 0 Å². The van der Waals surface area contributed by atoms with Crippen LogP contribution >= 0.6 is 0 Å². The second-order valence-corrected chi connectivity index (χ2v) is 19.5. The number of carbonyl (C=O) groups is 3. The molecule has 9 unspecified atom stereocenters. The van der Waals surface area contributed by atoms with E-state index < -0.39 is 108 Å². The van der Waals surface area contributed by atoms with Crippen LogP contribution in [0.15, 0.2) is 36.4 Å². The number of nitrogens with one attached hydrogen (secondary N) is 1. The summed E-state index contributed by atoms with van der Waals surface area (Å²) >= 11 is 0. The molecule has 18 atom stereocenters. The molecule has 362 valence electrons. The second kappa shape index (κ2) is 21.3. The van der Waals surface area contributed by atoms with Crippen LogP contribution in [-0.2, 0) is 47.5 Å². The Morgan fingerprint density at radius 3 is 2.17 bits per heavy atom. The molecule has 4 fully saturated rings. The molecule has 1 aromatic carbocycles. The van der Waals surface area contributed by atoms with Crippen molar-refractivity contribution in [1.82, 2.24) is 15.3 Å². The van der Waals surface area contributed by atoms with Crippen molar-refractivity contribution in [3.05, 3.63) is 42.0 Å². The molecule has 0 bridgehead atoms. The number of cyclic esters (lactones) is 1. The number of hydrogen-bond acceptors (Lipinski definition) is 15. The van der Waals surface area contributed by atoms with E-state index >= 15 is 0 Å². The Hall–Kier alpha value is -3.03. The van der Waals surface area contributed by atoms with Gasteiger partial charge in [-0.1, -0.05) is 70.2 Å². The van der Waals surface area contributed by atoms with Crippen molar-refractivity contribution in [3.8, 4) is 0 Å². The number of aliphatic hydroxyl groups excluding tert-OH is 2. The van der Waals surface area contributed by atoms with E-state index in [2.05, 4.69) is 5.43 Å². The summed E-state index contributed by atoms with van der Waals surface area (Å²) in [6.07, 6.45) is -3.87. The molecule has 64 heavy (non-hydrogen) atoms. The summed E-state index contributed by atoms with van der Waals surface area (Å²) in [6, 6.07) is 8.53. The van der Waals surface area contributed by atoms with Gasteiger partial charge < -0.3 is 53.0 Å². The molecule has 0 aliphatic carbocycles. The second-order valence-electron chi connectivity index (χ2n) is 19.5. The lowest BCUT2D eigenvalue weighted by Gasteiger charge is -2.50. The molecule has 3 N–H and O–H groups in total. The average Bonchev–Trinajstić information content (AvgIpc) is 3.52. The molecule has 4 aliphatic rings. The van der Waals surface area contributed by atoms with Crippen molar-refractivity contribution in [2.75, 3.05) is 34.9 Å². The molecule has 4 saturated heterocycles. The van der Waals surface area contributed by atoms with Crippen molar-refractivity contribution in [1.29, 1.82) is 0 Å². The number of carbonyl (C=O) groups excluding carboxylic acids is 3. The summed E-state index contributed by atoms with van der Waals surface area (Å²) in [4.78, 5) is 45.7. The Kier molecular flexibility index (Phi) is 17.3. The molecule has 4 heterocycles. The van der Waals surface area contributed by atoms with Gasteiger partial charge >= 0.3 is 12.1 Å². The Morgan fingerprint density at radius 2 is 1.56 bits per heavy atom. The number of nitrogens with zero attached hydrogens (tertiary/aromatic N) is 2. The molecule has 1 aromatic rings. The van der Waals surface area contributed by atoms with Crippen molar-refractivity contribution >= 4 is 23.9 Å². The first-order valence-electron chi connectivity index (χ1n) is 23.0. The van der Waals surface area contributed by atoms with Crippen LogP contribution in [0, 0.1) is 23.7 Å². The third kappa shape index (κ3) is 10.9. The number of esters is 1. The molecular weight excluding hydrogens is 827 g/mol. The summed E-state index contributed by atoms with van der Waals surface area (Å²) in [5, 5.41) is 24.2. The number of amides is 1. The molecule has 0 saturated carbocycles. The number of ketones is 1. The molecule has 16 heteroatoms. The van der Waals surface area contributed by atoms with E-state index in [0.29, 0.717) is 6.42 Å². The normalized spacial score (nSPS) is 42.9. The molecule has 4 aliphatic heterocycles. The molecule has 16 nitrogen and oxygen atoms in total. The van der Waals surface area contributed by atoms with Crippen LogP contribution in [0.3, 0.4) is 0 Å². The standard InChI is InChI=1S/C48H77N3O13/c1-15-35-48(10)40(51(45(56)64-48)49-23-19-22-33-20-17-16-18-21-33)29(4)37(52)27(2)25-47(9,58-14)42(63-44-38(53)34(50(11)12)24-28(3)59-44)30(5)39(31(6)43(55)61-35)62-36-26-46(8,57-13)41(54)32(7)60-36/h16-22,27-32,34-36,38-42,44,49,53-54H,15,23-26H2,1-14H3/t27-,28?,29+,30+,31-,32?,34?,35-,36?,38?,39?,40-,41?,42-,44?,46?,47-,48-/m1/s1. The van der Waals surface area contributed by atoms with Gasteiger partial charge in [0.15, 0.2) is 18.2 Å². The van der Waals surface area contributed by atoms with Gasteiger partial charge in [-0.05, 0) is 80.5 Å². The van der Waals surface area contributed by atoms with Crippen molar-refractivity contribution < 1.29 is 62.5 Å². The third-order valence-corrected chi connectivity index (χ3v) is 14.5. The lowest BCUT2D eigenvalue weighted by Crippen LogP contribution is -2.62. The number of rotatable bonds is 12. The molecule has 0 radical (unpaired) electrons. The maximum absolute atomic E-state index is 15.0. The zero-order valence-corrected chi connectivity index (χ0v) is 40.5. The minimum atomic E-state index is -1.47. The number of ether oxygens (including phenoxy) is 8. The van der Waals surface area contributed by atoms with Crippen LogP contribution in [0.5, 0.6) is 0 Å². The maximum Gasteiger partial charge on any atom is 0.425 e. The van der Waals surface area contributed by atoms with E-state index in [1.165, 1.54) is 12.1 Å². The highest BCUT2D eigenvalue weighted by molar-refractivity contribution is 5.85. The Bertz CT molecular complexity index is 1750. The van der Waals surface area contributed by atoms with Gasteiger partial charge in [0.2, 0.25) is 0 Å².